The zero-order valence-corrected chi connectivity index (χ0v) is 19.2. The van der Waals surface area contributed by atoms with Crippen LogP contribution in [0, 0.1) is 0 Å². The maximum Gasteiger partial charge on any atom is 0.417 e. The van der Waals surface area contributed by atoms with Crippen LogP contribution in [0.3, 0.4) is 0 Å². The number of anilines is 3. The molecular formula is C21H26F3N7O3. The highest BCUT2D eigenvalue weighted by atomic mass is 19.4. The number of carbonyl (C=O) groups is 2. The second kappa shape index (κ2) is 9.69. The normalized spacial score (nSPS) is 18.4. The van der Waals surface area contributed by atoms with Gasteiger partial charge in [-0.05, 0) is 25.8 Å². The Balaban J connectivity index is 1.66. The molecule has 3 amide bonds. The van der Waals surface area contributed by atoms with E-state index in [-0.39, 0.29) is 18.0 Å². The zero-order valence-electron chi connectivity index (χ0n) is 19.2. The van der Waals surface area contributed by atoms with E-state index in [1.807, 2.05) is 11.8 Å². The van der Waals surface area contributed by atoms with Crippen molar-refractivity contribution in [3.05, 3.63) is 40.6 Å². The molecule has 0 aliphatic carbocycles. The molecule has 1 fully saturated rings. The van der Waals surface area contributed by atoms with Gasteiger partial charge in [-0.3, -0.25) is 9.59 Å². The van der Waals surface area contributed by atoms with Crippen LogP contribution in [0.4, 0.5) is 35.3 Å². The van der Waals surface area contributed by atoms with E-state index >= 15 is 0 Å². The molecule has 0 saturated carbocycles. The summed E-state index contributed by atoms with van der Waals surface area (Å²) < 4.78 is 40.1. The molecule has 2 atom stereocenters. The third-order valence-corrected chi connectivity index (χ3v) is 5.71. The SMILES string of the molecule is CC(=O)Nc1cnc(N2CC[C@H](N(C)C(=O)Nc3cc(C(F)(F)F)cn(C)c3=O)C[C@@H]2C)cn1. The number of amides is 3. The molecule has 0 bridgehead atoms. The summed E-state index contributed by atoms with van der Waals surface area (Å²) in [5, 5.41) is 4.87. The van der Waals surface area contributed by atoms with Gasteiger partial charge in [-0.2, -0.15) is 13.2 Å². The van der Waals surface area contributed by atoms with Crippen LogP contribution >= 0.6 is 0 Å². The van der Waals surface area contributed by atoms with E-state index in [4.69, 9.17) is 0 Å². The predicted octanol–water partition coefficient (Wildman–Crippen LogP) is 2.67. The van der Waals surface area contributed by atoms with Gasteiger partial charge in [0.2, 0.25) is 5.91 Å². The van der Waals surface area contributed by atoms with Gasteiger partial charge in [0.05, 0.1) is 18.0 Å². The summed E-state index contributed by atoms with van der Waals surface area (Å²) in [5.41, 5.74) is -2.20. The Labute approximate surface area is 193 Å². The maximum atomic E-state index is 13.1. The molecule has 2 N–H and O–H groups in total. The van der Waals surface area contributed by atoms with Crippen LogP contribution in [0.5, 0.6) is 0 Å². The molecular weight excluding hydrogens is 455 g/mol. The van der Waals surface area contributed by atoms with Gasteiger partial charge in [-0.15, -0.1) is 0 Å². The number of aryl methyl sites for hydroxylation is 1. The highest BCUT2D eigenvalue weighted by Crippen LogP contribution is 2.30. The molecule has 0 unspecified atom stereocenters. The van der Waals surface area contributed by atoms with Gasteiger partial charge >= 0.3 is 12.2 Å². The standard InChI is InChI=1S/C21H26F3N7O3/c1-12-7-15(5-6-31(12)18-10-25-17(9-26-18)27-13(2)32)30(4)20(34)28-16-8-14(21(22,23)24)11-29(3)19(16)33/h8-12,15H,5-7H2,1-4H3,(H,28,34)(H,25,27,32)/t12-,15-/m0/s1. The van der Waals surface area contributed by atoms with Crippen molar-refractivity contribution >= 4 is 29.3 Å². The highest BCUT2D eigenvalue weighted by molar-refractivity contribution is 5.89. The summed E-state index contributed by atoms with van der Waals surface area (Å²) in [6.07, 6.45) is 0.198. The van der Waals surface area contributed by atoms with Gasteiger partial charge in [-0.25, -0.2) is 14.8 Å². The molecule has 2 aromatic heterocycles. The average molecular weight is 481 g/mol. The fourth-order valence-electron chi connectivity index (χ4n) is 3.88. The molecule has 1 saturated heterocycles. The van der Waals surface area contributed by atoms with E-state index in [0.29, 0.717) is 43.3 Å². The first-order valence-electron chi connectivity index (χ1n) is 10.5. The monoisotopic (exact) mass is 481 g/mol. The average Bonchev–Trinajstić information content (AvgIpc) is 2.75. The van der Waals surface area contributed by atoms with Crippen LogP contribution in [-0.4, -0.2) is 57.0 Å². The van der Waals surface area contributed by atoms with E-state index in [1.54, 1.807) is 13.2 Å². The van der Waals surface area contributed by atoms with Gasteiger partial charge in [0, 0.05) is 45.8 Å². The number of piperidine rings is 1. The Hall–Kier alpha value is -3.64. The minimum absolute atomic E-state index is 0.0173. The summed E-state index contributed by atoms with van der Waals surface area (Å²) in [5.74, 6) is 0.719. The van der Waals surface area contributed by atoms with Crippen molar-refractivity contribution in [2.75, 3.05) is 29.1 Å². The molecule has 13 heteroatoms. The fourth-order valence-corrected chi connectivity index (χ4v) is 3.88. The number of alkyl halides is 3. The second-order valence-corrected chi connectivity index (χ2v) is 8.26. The number of nitrogens with zero attached hydrogens (tertiary/aromatic N) is 5. The molecule has 2 aromatic rings. The first-order chi connectivity index (χ1) is 15.9. The molecule has 3 rings (SSSR count). The van der Waals surface area contributed by atoms with Gasteiger partial charge < -0.3 is 25.0 Å². The quantitative estimate of drug-likeness (QED) is 0.695. The topological polar surface area (TPSA) is 112 Å². The molecule has 3 heterocycles. The van der Waals surface area contributed by atoms with Crippen LogP contribution in [-0.2, 0) is 18.0 Å². The third kappa shape index (κ3) is 5.64. The lowest BCUT2D eigenvalue weighted by molar-refractivity contribution is -0.138. The Kier molecular flexibility index (Phi) is 7.12. The number of urea groups is 1. The van der Waals surface area contributed by atoms with Crippen molar-refractivity contribution < 1.29 is 22.8 Å². The lowest BCUT2D eigenvalue weighted by atomic mass is 9.97. The summed E-state index contributed by atoms with van der Waals surface area (Å²) >= 11 is 0. The number of halogens is 3. The van der Waals surface area contributed by atoms with Crippen LogP contribution in [0.2, 0.25) is 0 Å². The van der Waals surface area contributed by atoms with E-state index in [9.17, 15) is 27.6 Å². The summed E-state index contributed by atoms with van der Waals surface area (Å²) in [4.78, 5) is 48.0. The number of pyridine rings is 1. The molecule has 0 aromatic carbocycles. The van der Waals surface area contributed by atoms with Crippen molar-refractivity contribution in [1.82, 2.24) is 19.4 Å². The van der Waals surface area contributed by atoms with Crippen LogP contribution in [0.25, 0.3) is 0 Å². The van der Waals surface area contributed by atoms with Gasteiger partial charge in [-0.1, -0.05) is 0 Å². The Bertz CT molecular complexity index is 1120. The Morgan fingerprint density at radius 2 is 1.91 bits per heavy atom. The lowest BCUT2D eigenvalue weighted by Crippen LogP contribution is -2.51. The number of aromatic nitrogens is 3. The molecule has 10 nitrogen and oxygen atoms in total. The number of hydrogen-bond acceptors (Lipinski definition) is 6. The van der Waals surface area contributed by atoms with Crippen LogP contribution in [0.1, 0.15) is 32.3 Å². The number of nitrogens with one attached hydrogen (secondary N) is 2. The van der Waals surface area contributed by atoms with Gasteiger partial charge in [0.15, 0.2) is 5.82 Å². The zero-order chi connectivity index (χ0) is 25.2. The Morgan fingerprint density at radius 3 is 2.47 bits per heavy atom. The predicted molar refractivity (Wildman–Crippen MR) is 120 cm³/mol. The van der Waals surface area contributed by atoms with Crippen molar-refractivity contribution in [3.8, 4) is 0 Å². The summed E-state index contributed by atoms with van der Waals surface area (Å²) in [6, 6.07) is -0.242. The molecule has 0 spiro atoms. The van der Waals surface area contributed by atoms with E-state index in [2.05, 4.69) is 20.6 Å². The number of rotatable bonds is 4. The molecule has 184 valence electrons. The minimum atomic E-state index is -4.65. The van der Waals surface area contributed by atoms with Gasteiger partial charge in [0.25, 0.3) is 5.56 Å². The van der Waals surface area contributed by atoms with E-state index in [1.165, 1.54) is 25.1 Å². The molecule has 1 aliphatic rings. The summed E-state index contributed by atoms with van der Waals surface area (Å²) in [7, 11) is 2.74. The first kappa shape index (κ1) is 25.0. The van der Waals surface area contributed by atoms with Crippen LogP contribution in [0.15, 0.2) is 29.5 Å². The lowest BCUT2D eigenvalue weighted by Gasteiger charge is -2.41. The first-order valence-corrected chi connectivity index (χ1v) is 10.5. The van der Waals surface area contributed by atoms with E-state index < -0.39 is 29.0 Å². The second-order valence-electron chi connectivity index (χ2n) is 8.26. The smallest absolute Gasteiger partial charge is 0.352 e. The number of carbonyl (C=O) groups excluding carboxylic acids is 2. The minimum Gasteiger partial charge on any atom is -0.352 e. The van der Waals surface area contributed by atoms with Crippen molar-refractivity contribution in [3.63, 3.8) is 0 Å². The number of hydrogen-bond donors (Lipinski definition) is 2. The van der Waals surface area contributed by atoms with E-state index in [0.717, 1.165) is 4.57 Å². The maximum absolute atomic E-state index is 13.1. The Morgan fingerprint density at radius 1 is 1.21 bits per heavy atom. The summed E-state index contributed by atoms with van der Waals surface area (Å²) in [6.45, 7) is 3.90. The van der Waals surface area contributed by atoms with Gasteiger partial charge in [0.1, 0.15) is 11.5 Å². The third-order valence-electron chi connectivity index (χ3n) is 5.71. The molecule has 34 heavy (non-hydrogen) atoms. The largest absolute Gasteiger partial charge is 0.417 e. The van der Waals surface area contributed by atoms with Crippen molar-refractivity contribution in [2.45, 2.75) is 44.9 Å². The highest BCUT2D eigenvalue weighted by Gasteiger charge is 2.33. The van der Waals surface area contributed by atoms with Crippen LogP contribution < -0.4 is 21.1 Å². The van der Waals surface area contributed by atoms with Crippen molar-refractivity contribution in [2.24, 2.45) is 7.05 Å². The molecule has 0 radical (unpaired) electrons. The molecule has 1 aliphatic heterocycles. The van der Waals surface area contributed by atoms with Crippen molar-refractivity contribution in [1.29, 1.82) is 0 Å². The fraction of sp³-hybridized carbons (Fsp3) is 0.476.